The third-order valence-corrected chi connectivity index (χ3v) is 18.8. The zero-order valence-corrected chi connectivity index (χ0v) is 29.8. The van der Waals surface area contributed by atoms with Crippen LogP contribution in [0.3, 0.4) is 0 Å². The zero-order chi connectivity index (χ0) is 30.1. The van der Waals surface area contributed by atoms with Crippen molar-refractivity contribution in [1.82, 2.24) is 0 Å². The molecule has 2 aliphatic carbocycles. The van der Waals surface area contributed by atoms with Crippen LogP contribution < -0.4 is 0 Å². The minimum absolute atomic E-state index is 0.903. The van der Waals surface area contributed by atoms with Crippen molar-refractivity contribution in [2.45, 2.75) is 72.2 Å². The van der Waals surface area contributed by atoms with Gasteiger partial charge < -0.3 is 10.2 Å². The maximum absolute atomic E-state index is 12.2. The van der Waals surface area contributed by atoms with Gasteiger partial charge in [0.1, 0.15) is 0 Å². The molecule has 2 aliphatic rings. The van der Waals surface area contributed by atoms with Crippen molar-refractivity contribution >= 4 is 198 Å². The fraction of sp³-hybridized carbons (Fsp3) is 0.882. The van der Waals surface area contributed by atoms with E-state index in [9.17, 15) is 19.8 Å². The predicted octanol–water partition coefficient (Wildman–Crippen LogP) is 9.94. The fourth-order valence-corrected chi connectivity index (χ4v) is 12.2. The Hall–Kier alpha value is 3.58. The quantitative estimate of drug-likeness (QED) is 0.277. The molecule has 20 heteroatoms. The lowest BCUT2D eigenvalue weighted by Crippen LogP contribution is -2.84. The maximum Gasteiger partial charge on any atom is 0.331 e. The lowest BCUT2D eigenvalue weighted by Gasteiger charge is -2.69. The average molecular weight is 848 g/mol. The zero-order valence-electron chi connectivity index (χ0n) is 17.7. The summed E-state index contributed by atoms with van der Waals surface area (Å²) in [5, 5.41) is 19.7. The number of carbonyl (C=O) groups is 2. The first-order chi connectivity index (χ1) is 15.8. The predicted molar refractivity (Wildman–Crippen MR) is 159 cm³/mol. The van der Waals surface area contributed by atoms with Crippen LogP contribution in [0, 0.1) is 5.41 Å². The summed E-state index contributed by atoms with van der Waals surface area (Å²) in [4.78, 5) is 13.6. The van der Waals surface area contributed by atoms with Gasteiger partial charge in [-0.3, -0.25) is 9.59 Å². The highest BCUT2D eigenvalue weighted by Gasteiger charge is 2.90. The molecule has 2 N–H and O–H groups in total. The molecule has 4 unspecified atom stereocenters. The molecule has 0 heterocycles. The summed E-state index contributed by atoms with van der Waals surface area (Å²) in [5.74, 6) is -3.80. The topological polar surface area (TPSA) is 74.6 Å². The lowest BCUT2D eigenvalue weighted by atomic mass is 9.56. The van der Waals surface area contributed by atoms with Gasteiger partial charge >= 0.3 is 11.9 Å². The second-order valence-corrected chi connectivity index (χ2v) is 19.9. The maximum atomic E-state index is 12.2. The molecule has 0 amide bonds. The van der Waals surface area contributed by atoms with Crippen LogP contribution in [0.2, 0.25) is 0 Å². The average Bonchev–Trinajstić information content (AvgIpc) is 2.68. The molecule has 0 aromatic carbocycles. The van der Waals surface area contributed by atoms with E-state index in [1.54, 1.807) is 0 Å². The van der Waals surface area contributed by atoms with E-state index < -0.39 is 75.7 Å². The number of alkyl halides is 16. The highest BCUT2D eigenvalue weighted by Crippen LogP contribution is 2.80. The van der Waals surface area contributed by atoms with Crippen molar-refractivity contribution < 1.29 is 19.8 Å². The van der Waals surface area contributed by atoms with E-state index in [1.807, 2.05) is 0 Å². The summed E-state index contributed by atoms with van der Waals surface area (Å²) in [5.41, 5.74) is -2.06. The van der Waals surface area contributed by atoms with Gasteiger partial charge in [-0.2, -0.15) is 0 Å². The lowest BCUT2D eigenvalue weighted by molar-refractivity contribution is -0.142. The molecule has 2 fully saturated rings. The van der Waals surface area contributed by atoms with E-state index in [1.165, 1.54) is 13.8 Å². The van der Waals surface area contributed by atoms with Gasteiger partial charge in [-0.15, -0.1) is 23.2 Å². The van der Waals surface area contributed by atoms with E-state index in [4.69, 9.17) is 186 Å². The van der Waals surface area contributed by atoms with Gasteiger partial charge in [0, 0.05) is 18.3 Å². The van der Waals surface area contributed by atoms with Crippen molar-refractivity contribution in [1.29, 1.82) is 0 Å². The summed E-state index contributed by atoms with van der Waals surface area (Å²) in [7, 11) is 0. The number of hydrogen-bond donors (Lipinski definition) is 2. The highest BCUT2D eigenvalue weighted by molar-refractivity contribution is 6.74. The van der Waals surface area contributed by atoms with Crippen LogP contribution in [0.25, 0.3) is 0 Å². The largest absolute Gasteiger partial charge is 0.480 e. The Bertz CT molecular complexity index is 949. The SMILES string of the molecule is CC(C)(C1(Cl)CC(Cl)(Cl)C(Cl)(C(=O)O)C(Cl)(Cl)C1(Cl)Cl)C1(Cl)CC(Cl)(Cl)C(Cl)(C(=O)O)C(Cl)(Cl)C1(Cl)Cl. The van der Waals surface area contributed by atoms with Crippen LogP contribution in [0.1, 0.15) is 26.7 Å². The monoisotopic (exact) mass is 840 g/mol. The van der Waals surface area contributed by atoms with Crippen LogP contribution in [-0.4, -0.2) is 67.6 Å². The molecule has 4 atom stereocenters. The van der Waals surface area contributed by atoms with Crippen molar-refractivity contribution in [3.8, 4) is 0 Å². The van der Waals surface area contributed by atoms with E-state index in [0.717, 1.165) is 0 Å². The Kier molecular flexibility index (Phi) is 9.73. The van der Waals surface area contributed by atoms with Gasteiger partial charge in [0.25, 0.3) is 0 Å². The Morgan fingerprint density at radius 3 is 0.919 bits per heavy atom. The molecule has 0 aliphatic heterocycles. The first kappa shape index (κ1) is 36.8. The molecular formula is C17H12Cl16O4. The van der Waals surface area contributed by atoms with Crippen LogP contribution in [0.15, 0.2) is 0 Å². The summed E-state index contributed by atoms with van der Waals surface area (Å²) >= 11 is 105. The third-order valence-electron chi connectivity index (χ3n) is 7.16. The normalized spacial score (nSPS) is 41.6. The standard InChI is InChI=1S/C17H12Cl16O4/c1-7(2,8(18)3-10(20,21)12(24,5(34)35)16(30,31)14(8,26)27)9(19)4-11(22,23)13(25,6(36)37)17(32,33)15(9,28)29/h3-4H2,1-2H3,(H,34,35)(H,36,37). The van der Waals surface area contributed by atoms with Crippen molar-refractivity contribution in [2.75, 3.05) is 0 Å². The van der Waals surface area contributed by atoms with E-state index >= 15 is 0 Å². The van der Waals surface area contributed by atoms with Crippen LogP contribution >= 0.6 is 186 Å². The Morgan fingerprint density at radius 2 is 0.730 bits per heavy atom. The fourth-order valence-electron chi connectivity index (χ4n) is 4.59. The van der Waals surface area contributed by atoms with E-state index in [0.29, 0.717) is 0 Å². The number of rotatable bonds is 4. The van der Waals surface area contributed by atoms with Crippen molar-refractivity contribution in [3.05, 3.63) is 0 Å². The number of aliphatic carboxylic acids is 2. The van der Waals surface area contributed by atoms with Gasteiger partial charge in [0.2, 0.25) is 9.75 Å². The second kappa shape index (κ2) is 9.79. The van der Waals surface area contributed by atoms with Gasteiger partial charge in [-0.05, 0) is 0 Å². The van der Waals surface area contributed by atoms with E-state index in [2.05, 4.69) is 0 Å². The van der Waals surface area contributed by atoms with Crippen LogP contribution in [0.5, 0.6) is 0 Å². The first-order valence-electron chi connectivity index (χ1n) is 9.29. The van der Waals surface area contributed by atoms with Crippen molar-refractivity contribution in [2.24, 2.45) is 5.41 Å². The summed E-state index contributed by atoms with van der Waals surface area (Å²) in [6.45, 7) is 2.49. The third kappa shape index (κ3) is 4.04. The number of carboxylic acids is 2. The van der Waals surface area contributed by atoms with Crippen LogP contribution in [-0.2, 0) is 9.59 Å². The second-order valence-electron chi connectivity index (χ2n) is 9.21. The Morgan fingerprint density at radius 1 is 0.514 bits per heavy atom. The van der Waals surface area contributed by atoms with E-state index in [-0.39, 0.29) is 0 Å². The molecule has 0 bridgehead atoms. The molecule has 0 aromatic heterocycles. The number of halogens is 16. The molecule has 0 spiro atoms. The van der Waals surface area contributed by atoms with Gasteiger partial charge in [0.05, 0.1) is 9.75 Å². The summed E-state index contributed by atoms with van der Waals surface area (Å²) < 4.78 is -16.8. The summed E-state index contributed by atoms with van der Waals surface area (Å²) in [6, 6.07) is 0. The molecule has 216 valence electrons. The Balaban J connectivity index is 2.98. The van der Waals surface area contributed by atoms with Gasteiger partial charge in [0.15, 0.2) is 26.0 Å². The highest BCUT2D eigenvalue weighted by atomic mass is 35.6. The molecule has 37 heavy (non-hydrogen) atoms. The van der Waals surface area contributed by atoms with Gasteiger partial charge in [-0.25, -0.2) is 0 Å². The van der Waals surface area contributed by atoms with Gasteiger partial charge in [-0.1, -0.05) is 176 Å². The molecule has 4 nitrogen and oxygen atoms in total. The molecule has 0 radical (unpaired) electrons. The Labute approximate surface area is 291 Å². The number of hydrogen-bond acceptors (Lipinski definition) is 2. The van der Waals surface area contributed by atoms with Crippen molar-refractivity contribution in [3.63, 3.8) is 0 Å². The molecule has 0 saturated heterocycles. The molecule has 2 rings (SSSR count). The minimum Gasteiger partial charge on any atom is -0.480 e. The molecule has 0 aromatic rings. The number of carboxylic acid groups (broad SMARTS) is 2. The molecule has 2 saturated carbocycles. The minimum atomic E-state index is -2.98. The smallest absolute Gasteiger partial charge is 0.331 e. The van der Waals surface area contributed by atoms with Crippen LogP contribution in [0.4, 0.5) is 0 Å². The first-order valence-corrected chi connectivity index (χ1v) is 15.3. The summed E-state index contributed by atoms with van der Waals surface area (Å²) in [6.07, 6.45) is -1.81. The molecular weight excluding hydrogens is 835 g/mol.